The Morgan fingerprint density at radius 1 is 1.10 bits per heavy atom. The van der Waals surface area contributed by atoms with Crippen molar-refractivity contribution in [2.45, 2.75) is 25.8 Å². The number of carbonyl (C=O) groups excluding carboxylic acids is 4. The van der Waals surface area contributed by atoms with E-state index in [4.69, 9.17) is 9.15 Å². The van der Waals surface area contributed by atoms with E-state index in [2.05, 4.69) is 0 Å². The number of likely N-dealkylation sites (tertiary alicyclic amines) is 1. The first-order valence-electron chi connectivity index (χ1n) is 9.91. The van der Waals surface area contributed by atoms with Crippen molar-refractivity contribution in [1.29, 1.82) is 0 Å². The number of ether oxygens (including phenoxy) is 1. The van der Waals surface area contributed by atoms with Gasteiger partial charge in [0.05, 0.1) is 18.7 Å². The zero-order valence-electron chi connectivity index (χ0n) is 16.4. The molecule has 1 aromatic carbocycles. The van der Waals surface area contributed by atoms with E-state index in [0.717, 1.165) is 12.1 Å². The highest BCUT2D eigenvalue weighted by Crippen LogP contribution is 2.23. The molecule has 1 atom stereocenters. The van der Waals surface area contributed by atoms with E-state index in [-0.39, 0.29) is 37.2 Å². The molecule has 2 fully saturated rings. The van der Waals surface area contributed by atoms with Crippen molar-refractivity contribution in [3.63, 3.8) is 0 Å². The van der Waals surface area contributed by atoms with Crippen LogP contribution in [0.25, 0.3) is 0 Å². The van der Waals surface area contributed by atoms with Crippen molar-refractivity contribution in [2.24, 2.45) is 5.92 Å². The Morgan fingerprint density at radius 2 is 1.90 bits per heavy atom. The third kappa shape index (κ3) is 4.27. The lowest BCUT2D eigenvalue weighted by atomic mass is 10.1. The van der Waals surface area contributed by atoms with Gasteiger partial charge in [-0.25, -0.2) is 0 Å². The third-order valence-corrected chi connectivity index (χ3v) is 5.39. The first-order chi connectivity index (χ1) is 14.5. The number of Topliss-reactive ketones (excluding diaryl/α,β-unsaturated/α-hetero) is 1. The number of carbonyl (C=O) groups is 4. The highest BCUT2D eigenvalue weighted by Gasteiger charge is 2.36. The second-order valence-corrected chi connectivity index (χ2v) is 7.48. The monoisotopic (exact) mass is 410 g/mol. The number of furan rings is 1. The molecular formula is C22H22N2O6. The van der Waals surface area contributed by atoms with Crippen LogP contribution in [-0.2, 0) is 25.7 Å². The van der Waals surface area contributed by atoms with Gasteiger partial charge in [0.15, 0.2) is 12.4 Å². The predicted octanol–water partition coefficient (Wildman–Crippen LogP) is 2.18. The van der Waals surface area contributed by atoms with Crippen molar-refractivity contribution >= 4 is 29.3 Å². The Kier molecular flexibility index (Phi) is 5.65. The molecule has 3 heterocycles. The van der Waals surface area contributed by atoms with Crippen LogP contribution in [0.1, 0.15) is 35.4 Å². The Bertz CT molecular complexity index is 951. The van der Waals surface area contributed by atoms with Gasteiger partial charge >= 0.3 is 5.97 Å². The average Bonchev–Trinajstić information content (AvgIpc) is 3.49. The summed E-state index contributed by atoms with van der Waals surface area (Å²) < 4.78 is 10.4. The average molecular weight is 410 g/mol. The number of nitrogens with zero attached hydrogens (tertiary/aromatic N) is 2. The number of rotatable bonds is 7. The molecule has 4 rings (SSSR count). The summed E-state index contributed by atoms with van der Waals surface area (Å²) in [5.41, 5.74) is 1.16. The van der Waals surface area contributed by atoms with E-state index in [1.165, 1.54) is 6.26 Å². The van der Waals surface area contributed by atoms with Crippen molar-refractivity contribution < 1.29 is 28.3 Å². The Balaban J connectivity index is 1.28. The molecule has 8 heteroatoms. The van der Waals surface area contributed by atoms with Crippen LogP contribution in [0.4, 0.5) is 5.69 Å². The van der Waals surface area contributed by atoms with E-state index >= 15 is 0 Å². The zero-order chi connectivity index (χ0) is 21.1. The van der Waals surface area contributed by atoms with Crippen LogP contribution in [0.15, 0.2) is 47.1 Å². The van der Waals surface area contributed by atoms with Crippen LogP contribution in [0.3, 0.4) is 0 Å². The number of ketones is 1. The molecule has 2 aliphatic heterocycles. The number of hydrogen-bond donors (Lipinski definition) is 0. The third-order valence-electron chi connectivity index (χ3n) is 5.39. The lowest BCUT2D eigenvalue weighted by Crippen LogP contribution is -2.27. The fraction of sp³-hybridized carbons (Fsp3) is 0.364. The van der Waals surface area contributed by atoms with Gasteiger partial charge < -0.3 is 19.0 Å². The second kappa shape index (κ2) is 8.52. The lowest BCUT2D eigenvalue weighted by Gasteiger charge is -2.16. The van der Waals surface area contributed by atoms with Gasteiger partial charge in [-0.1, -0.05) is 0 Å². The van der Waals surface area contributed by atoms with Crippen LogP contribution in [0.5, 0.6) is 0 Å². The van der Waals surface area contributed by atoms with Crippen LogP contribution < -0.4 is 4.90 Å². The van der Waals surface area contributed by atoms with Crippen LogP contribution in [-0.4, -0.2) is 48.2 Å². The predicted molar refractivity (Wildman–Crippen MR) is 106 cm³/mol. The number of amides is 2. The molecule has 30 heavy (non-hydrogen) atoms. The fourth-order valence-corrected chi connectivity index (χ4v) is 3.76. The van der Waals surface area contributed by atoms with Gasteiger partial charge in [-0.15, -0.1) is 0 Å². The molecule has 0 unspecified atom stereocenters. The molecule has 0 radical (unpaired) electrons. The van der Waals surface area contributed by atoms with Gasteiger partial charge in [0, 0.05) is 37.2 Å². The maximum atomic E-state index is 12.4. The summed E-state index contributed by atoms with van der Waals surface area (Å²) in [7, 11) is 0. The number of anilines is 1. The molecule has 0 bridgehead atoms. The Morgan fingerprint density at radius 3 is 2.57 bits per heavy atom. The highest BCUT2D eigenvalue weighted by molar-refractivity contribution is 6.00. The maximum Gasteiger partial charge on any atom is 0.311 e. The minimum Gasteiger partial charge on any atom is -0.467 e. The van der Waals surface area contributed by atoms with Gasteiger partial charge in [0.2, 0.25) is 11.8 Å². The topological polar surface area (TPSA) is 97.1 Å². The molecule has 2 saturated heterocycles. The molecule has 2 amide bonds. The molecule has 0 saturated carbocycles. The maximum absolute atomic E-state index is 12.4. The summed E-state index contributed by atoms with van der Waals surface area (Å²) in [6.45, 7) is 0.843. The fourth-order valence-electron chi connectivity index (χ4n) is 3.76. The standard InChI is InChI=1S/C22H22N2O6/c25-19(15-5-7-17(8-6-15)24-9-1-4-20(24)26)14-30-22(28)16-11-21(27)23(12-16)13-18-3-2-10-29-18/h2-3,5-8,10,16H,1,4,9,11-14H2/t16-/m0/s1. The molecule has 8 nitrogen and oxygen atoms in total. The second-order valence-electron chi connectivity index (χ2n) is 7.48. The molecule has 0 N–H and O–H groups in total. The number of esters is 1. The molecule has 2 aromatic rings. The van der Waals surface area contributed by atoms with Gasteiger partial charge in [0.25, 0.3) is 0 Å². The van der Waals surface area contributed by atoms with Gasteiger partial charge in [0.1, 0.15) is 5.76 Å². The summed E-state index contributed by atoms with van der Waals surface area (Å²) in [6.07, 6.45) is 2.96. The normalized spacial score (nSPS) is 18.9. The highest BCUT2D eigenvalue weighted by atomic mass is 16.5. The zero-order valence-corrected chi connectivity index (χ0v) is 16.4. The SMILES string of the molecule is O=C(COC(=O)[C@H]1CC(=O)N(Cc2ccco2)C1)c1ccc(N2CCCC2=O)cc1. The lowest BCUT2D eigenvalue weighted by molar-refractivity contribution is -0.147. The number of hydrogen-bond acceptors (Lipinski definition) is 6. The van der Waals surface area contributed by atoms with E-state index in [1.807, 2.05) is 0 Å². The minimum absolute atomic E-state index is 0.0618. The molecule has 156 valence electrons. The molecule has 2 aliphatic rings. The van der Waals surface area contributed by atoms with Gasteiger partial charge in [-0.3, -0.25) is 19.2 Å². The summed E-state index contributed by atoms with van der Waals surface area (Å²) in [5.74, 6) is -0.908. The summed E-state index contributed by atoms with van der Waals surface area (Å²) in [5, 5.41) is 0. The van der Waals surface area contributed by atoms with E-state index in [9.17, 15) is 19.2 Å². The summed E-state index contributed by atoms with van der Waals surface area (Å²) >= 11 is 0. The Hall–Kier alpha value is -3.42. The van der Waals surface area contributed by atoms with Crippen LogP contribution >= 0.6 is 0 Å². The smallest absolute Gasteiger partial charge is 0.311 e. The minimum atomic E-state index is -0.594. The van der Waals surface area contributed by atoms with Crippen molar-refractivity contribution in [2.75, 3.05) is 24.6 Å². The molecule has 0 spiro atoms. The quantitative estimate of drug-likeness (QED) is 0.513. The van der Waals surface area contributed by atoms with Gasteiger partial charge in [-0.2, -0.15) is 0 Å². The van der Waals surface area contributed by atoms with E-state index in [0.29, 0.717) is 30.8 Å². The van der Waals surface area contributed by atoms with E-state index < -0.39 is 11.9 Å². The number of benzene rings is 1. The van der Waals surface area contributed by atoms with Crippen LogP contribution in [0.2, 0.25) is 0 Å². The van der Waals surface area contributed by atoms with Gasteiger partial charge in [-0.05, 0) is 42.8 Å². The molecule has 0 aliphatic carbocycles. The molecule has 1 aromatic heterocycles. The molecular weight excluding hydrogens is 388 g/mol. The summed E-state index contributed by atoms with van der Waals surface area (Å²) in [6, 6.07) is 10.2. The first kappa shape index (κ1) is 19.9. The van der Waals surface area contributed by atoms with Crippen LogP contribution in [0, 0.1) is 5.92 Å². The summed E-state index contributed by atoms with van der Waals surface area (Å²) in [4.78, 5) is 51.8. The largest absolute Gasteiger partial charge is 0.467 e. The Labute approximate surface area is 173 Å². The van der Waals surface area contributed by atoms with E-state index in [1.54, 1.807) is 46.2 Å². The first-order valence-corrected chi connectivity index (χ1v) is 9.91. The van der Waals surface area contributed by atoms with Crippen molar-refractivity contribution in [3.8, 4) is 0 Å². The van der Waals surface area contributed by atoms with Crippen molar-refractivity contribution in [3.05, 3.63) is 54.0 Å². The van der Waals surface area contributed by atoms with Crippen molar-refractivity contribution in [1.82, 2.24) is 4.90 Å².